The van der Waals surface area contributed by atoms with Gasteiger partial charge in [0.2, 0.25) is 5.91 Å². The molecule has 0 heterocycles. The minimum absolute atomic E-state index is 0.0295. The Labute approximate surface area is 101 Å². The number of amides is 1. The second kappa shape index (κ2) is 6.10. The minimum Gasteiger partial charge on any atom is -0.508 e. The Bertz CT molecular complexity index is 393. The van der Waals surface area contributed by atoms with Gasteiger partial charge in [0.25, 0.3) is 0 Å². The fourth-order valence-corrected chi connectivity index (χ4v) is 1.49. The van der Waals surface area contributed by atoms with Crippen LogP contribution in [0.2, 0.25) is 0 Å². The molecule has 0 aliphatic heterocycles. The molecular weight excluding hydrogens is 220 g/mol. The molecule has 0 fully saturated rings. The van der Waals surface area contributed by atoms with E-state index in [4.69, 9.17) is 10.5 Å². The van der Waals surface area contributed by atoms with Crippen molar-refractivity contribution in [1.82, 2.24) is 5.32 Å². The molecule has 1 unspecified atom stereocenters. The van der Waals surface area contributed by atoms with Crippen LogP contribution >= 0.6 is 0 Å². The first-order valence-electron chi connectivity index (χ1n) is 5.40. The van der Waals surface area contributed by atoms with Crippen molar-refractivity contribution >= 4 is 5.91 Å². The number of hydrogen-bond donors (Lipinski definition) is 3. The number of nitrogens with one attached hydrogen (secondary N) is 1. The fraction of sp³-hybridized carbons (Fsp3) is 0.417. The average molecular weight is 238 g/mol. The van der Waals surface area contributed by atoms with E-state index in [9.17, 15) is 9.90 Å². The molecule has 5 nitrogen and oxygen atoms in total. The van der Waals surface area contributed by atoms with Crippen LogP contribution in [0, 0.1) is 0 Å². The van der Waals surface area contributed by atoms with Crippen molar-refractivity contribution in [2.75, 3.05) is 7.11 Å². The highest BCUT2D eigenvalue weighted by Gasteiger charge is 2.08. The quantitative estimate of drug-likeness (QED) is 0.683. The molecule has 0 saturated heterocycles. The molecule has 4 N–H and O–H groups in total. The standard InChI is InChI=1S/C12H18N2O3/c1-8(5-12(13)16)14-7-9-6-10(17-2)3-4-11(9)15/h3-4,6,8,14-15H,5,7H2,1-2H3,(H2,13,16). The molecule has 17 heavy (non-hydrogen) atoms. The van der Waals surface area contributed by atoms with Crippen molar-refractivity contribution in [2.45, 2.75) is 25.9 Å². The van der Waals surface area contributed by atoms with Crippen LogP contribution in [0.4, 0.5) is 0 Å². The van der Waals surface area contributed by atoms with E-state index in [1.165, 1.54) is 0 Å². The summed E-state index contributed by atoms with van der Waals surface area (Å²) in [5.74, 6) is 0.534. The predicted octanol–water partition coefficient (Wildman–Crippen LogP) is 0.754. The third-order valence-electron chi connectivity index (χ3n) is 2.44. The molecule has 1 aromatic carbocycles. The van der Waals surface area contributed by atoms with E-state index in [-0.39, 0.29) is 24.1 Å². The molecule has 1 amide bonds. The molecule has 0 spiro atoms. The number of rotatable bonds is 6. The Balaban J connectivity index is 2.59. The van der Waals surface area contributed by atoms with Crippen molar-refractivity contribution in [3.8, 4) is 11.5 Å². The van der Waals surface area contributed by atoms with Gasteiger partial charge >= 0.3 is 0 Å². The van der Waals surface area contributed by atoms with Gasteiger partial charge in [-0.3, -0.25) is 4.79 Å². The highest BCUT2D eigenvalue weighted by Crippen LogP contribution is 2.22. The third kappa shape index (κ3) is 4.32. The lowest BCUT2D eigenvalue weighted by Gasteiger charge is -2.13. The Morgan fingerprint density at radius 1 is 1.59 bits per heavy atom. The van der Waals surface area contributed by atoms with E-state index < -0.39 is 0 Å². The maximum atomic E-state index is 10.7. The number of phenols is 1. The Morgan fingerprint density at radius 3 is 2.88 bits per heavy atom. The van der Waals surface area contributed by atoms with Crippen LogP contribution in [-0.4, -0.2) is 24.2 Å². The number of nitrogens with two attached hydrogens (primary N) is 1. The molecule has 1 rings (SSSR count). The van der Waals surface area contributed by atoms with Gasteiger partial charge in [-0.2, -0.15) is 0 Å². The molecule has 1 aromatic rings. The fourth-order valence-electron chi connectivity index (χ4n) is 1.49. The largest absolute Gasteiger partial charge is 0.508 e. The van der Waals surface area contributed by atoms with Crippen LogP contribution in [0.15, 0.2) is 18.2 Å². The monoisotopic (exact) mass is 238 g/mol. The second-order valence-corrected chi connectivity index (χ2v) is 3.95. The summed E-state index contributed by atoms with van der Waals surface area (Å²) in [6.07, 6.45) is 0.269. The molecule has 1 atom stereocenters. The van der Waals surface area contributed by atoms with Gasteiger partial charge in [-0.05, 0) is 25.1 Å². The summed E-state index contributed by atoms with van der Waals surface area (Å²) in [5, 5.41) is 12.7. The van der Waals surface area contributed by atoms with Crippen molar-refractivity contribution in [2.24, 2.45) is 5.73 Å². The van der Waals surface area contributed by atoms with Gasteiger partial charge in [0, 0.05) is 24.6 Å². The van der Waals surface area contributed by atoms with E-state index in [2.05, 4.69) is 5.32 Å². The molecule has 94 valence electrons. The summed E-state index contributed by atoms with van der Waals surface area (Å²) in [5.41, 5.74) is 5.81. The highest BCUT2D eigenvalue weighted by atomic mass is 16.5. The summed E-state index contributed by atoms with van der Waals surface area (Å²) in [6, 6.07) is 4.98. The zero-order valence-electron chi connectivity index (χ0n) is 10.1. The summed E-state index contributed by atoms with van der Waals surface area (Å²) >= 11 is 0. The van der Waals surface area contributed by atoms with Gasteiger partial charge in [0.05, 0.1) is 7.11 Å². The first-order chi connectivity index (χ1) is 8.02. The topological polar surface area (TPSA) is 84.6 Å². The lowest BCUT2D eigenvalue weighted by molar-refractivity contribution is -0.118. The summed E-state index contributed by atoms with van der Waals surface area (Å²) in [6.45, 7) is 2.32. The lowest BCUT2D eigenvalue weighted by atomic mass is 10.1. The Hall–Kier alpha value is -1.75. The molecule has 0 saturated carbocycles. The van der Waals surface area contributed by atoms with Crippen LogP contribution in [0.3, 0.4) is 0 Å². The van der Waals surface area contributed by atoms with Crippen LogP contribution in [-0.2, 0) is 11.3 Å². The molecule has 0 aliphatic rings. The maximum absolute atomic E-state index is 10.7. The first-order valence-corrected chi connectivity index (χ1v) is 5.40. The van der Waals surface area contributed by atoms with E-state index >= 15 is 0 Å². The number of hydrogen-bond acceptors (Lipinski definition) is 4. The highest BCUT2D eigenvalue weighted by molar-refractivity contribution is 5.74. The van der Waals surface area contributed by atoms with E-state index in [0.717, 1.165) is 5.56 Å². The van der Waals surface area contributed by atoms with Crippen molar-refractivity contribution < 1.29 is 14.6 Å². The lowest BCUT2D eigenvalue weighted by Crippen LogP contribution is -2.30. The zero-order valence-corrected chi connectivity index (χ0v) is 10.1. The zero-order chi connectivity index (χ0) is 12.8. The van der Waals surface area contributed by atoms with Crippen molar-refractivity contribution in [3.05, 3.63) is 23.8 Å². The van der Waals surface area contributed by atoms with Crippen LogP contribution in [0.1, 0.15) is 18.9 Å². The molecule has 0 aromatic heterocycles. The minimum atomic E-state index is -0.347. The number of ether oxygens (including phenoxy) is 1. The van der Waals surface area contributed by atoms with Crippen LogP contribution < -0.4 is 15.8 Å². The smallest absolute Gasteiger partial charge is 0.218 e. The van der Waals surface area contributed by atoms with E-state index in [1.807, 2.05) is 6.92 Å². The van der Waals surface area contributed by atoms with Gasteiger partial charge in [0.15, 0.2) is 0 Å². The van der Waals surface area contributed by atoms with Gasteiger partial charge in [-0.15, -0.1) is 0 Å². The molecule has 0 radical (unpaired) electrons. The SMILES string of the molecule is COc1ccc(O)c(CNC(C)CC(N)=O)c1. The number of carbonyl (C=O) groups is 1. The van der Waals surface area contributed by atoms with Crippen LogP contribution in [0.25, 0.3) is 0 Å². The number of methoxy groups -OCH3 is 1. The molecular formula is C12H18N2O3. The molecule has 5 heteroatoms. The van der Waals surface area contributed by atoms with Gasteiger partial charge < -0.3 is 20.9 Å². The summed E-state index contributed by atoms with van der Waals surface area (Å²) in [4.78, 5) is 10.7. The normalized spacial score (nSPS) is 12.1. The van der Waals surface area contributed by atoms with Crippen molar-refractivity contribution in [3.63, 3.8) is 0 Å². The molecule has 0 aliphatic carbocycles. The summed E-state index contributed by atoms with van der Waals surface area (Å²) in [7, 11) is 1.57. The third-order valence-corrected chi connectivity index (χ3v) is 2.44. The van der Waals surface area contributed by atoms with E-state index in [0.29, 0.717) is 12.3 Å². The van der Waals surface area contributed by atoms with E-state index in [1.54, 1.807) is 25.3 Å². The van der Waals surface area contributed by atoms with Gasteiger partial charge in [-0.1, -0.05) is 0 Å². The summed E-state index contributed by atoms with van der Waals surface area (Å²) < 4.78 is 5.07. The van der Waals surface area contributed by atoms with Crippen molar-refractivity contribution in [1.29, 1.82) is 0 Å². The number of carbonyl (C=O) groups excluding carboxylic acids is 1. The maximum Gasteiger partial charge on any atom is 0.218 e. The number of primary amides is 1. The average Bonchev–Trinajstić information content (AvgIpc) is 2.27. The second-order valence-electron chi connectivity index (χ2n) is 3.95. The van der Waals surface area contributed by atoms with Gasteiger partial charge in [-0.25, -0.2) is 0 Å². The number of phenolic OH excluding ortho intramolecular Hbond substituents is 1. The Morgan fingerprint density at radius 2 is 2.29 bits per heavy atom. The Kier molecular flexibility index (Phi) is 4.78. The number of aromatic hydroxyl groups is 1. The van der Waals surface area contributed by atoms with Crippen LogP contribution in [0.5, 0.6) is 11.5 Å². The first kappa shape index (κ1) is 13.3. The van der Waals surface area contributed by atoms with Gasteiger partial charge in [0.1, 0.15) is 11.5 Å². The molecule has 0 bridgehead atoms. The number of benzene rings is 1. The predicted molar refractivity (Wildman–Crippen MR) is 64.8 cm³/mol.